The molecule has 0 bridgehead atoms. The van der Waals surface area contributed by atoms with E-state index in [1.165, 1.54) is 19.3 Å². The minimum atomic E-state index is -3.80. The third kappa shape index (κ3) is 5.07. The first-order valence-electron chi connectivity index (χ1n) is 9.61. The lowest BCUT2D eigenvalue weighted by Gasteiger charge is -2.28. The molecule has 0 aliphatic carbocycles. The lowest BCUT2D eigenvalue weighted by Crippen LogP contribution is -2.29. The van der Waals surface area contributed by atoms with Crippen LogP contribution in [-0.4, -0.2) is 33.2 Å². The molecule has 3 aromatic rings. The van der Waals surface area contributed by atoms with Crippen molar-refractivity contribution in [3.8, 4) is 0 Å². The van der Waals surface area contributed by atoms with Crippen LogP contribution in [0, 0.1) is 0 Å². The van der Waals surface area contributed by atoms with Crippen molar-refractivity contribution in [3.63, 3.8) is 0 Å². The predicted molar refractivity (Wildman–Crippen MR) is 120 cm³/mol. The molecule has 0 saturated carbocycles. The minimum Gasteiger partial charge on any atom is -0.372 e. The first-order chi connectivity index (χ1) is 14.0. The Morgan fingerprint density at radius 2 is 1.69 bits per heavy atom. The molecule has 1 amide bonds. The van der Waals surface area contributed by atoms with E-state index < -0.39 is 21.7 Å². The van der Waals surface area contributed by atoms with Crippen LogP contribution < -0.4 is 14.9 Å². The van der Waals surface area contributed by atoms with Gasteiger partial charge in [-0.2, -0.15) is 0 Å². The number of carbonyl (C=O) groups is 1. The van der Waals surface area contributed by atoms with Crippen molar-refractivity contribution in [2.75, 3.05) is 33.8 Å². The van der Waals surface area contributed by atoms with Gasteiger partial charge in [-0.25, -0.2) is 8.42 Å². The molecule has 0 radical (unpaired) electrons. The number of benzene rings is 2. The molecule has 0 atom stereocenters. The fourth-order valence-corrected chi connectivity index (χ4v) is 5.28. The van der Waals surface area contributed by atoms with Crippen LogP contribution >= 0.6 is 11.3 Å². The van der Waals surface area contributed by atoms with E-state index in [0.29, 0.717) is 11.4 Å². The molecule has 0 spiro atoms. The molecule has 29 heavy (non-hydrogen) atoms. The summed E-state index contributed by atoms with van der Waals surface area (Å²) in [6.45, 7) is 2.06. The molecule has 1 saturated heterocycles. The average Bonchev–Trinajstić information content (AvgIpc) is 3.16. The number of hydrogen-bond acceptors (Lipinski definition) is 5. The highest BCUT2D eigenvalue weighted by atomic mass is 32.2. The van der Waals surface area contributed by atoms with Crippen molar-refractivity contribution in [3.05, 3.63) is 53.9 Å². The van der Waals surface area contributed by atoms with Crippen LogP contribution in [0.15, 0.2) is 53.9 Å². The Labute approximate surface area is 174 Å². The molecule has 2 N–H and O–H groups in total. The largest absolute Gasteiger partial charge is 0.372 e. The summed E-state index contributed by atoms with van der Waals surface area (Å²) in [5.41, 5.74) is 2.13. The smallest absolute Gasteiger partial charge is 0.241 e. The lowest BCUT2D eigenvalue weighted by atomic mass is 10.1. The second kappa shape index (κ2) is 8.42. The highest BCUT2D eigenvalue weighted by molar-refractivity contribution is 7.93. The maximum atomic E-state index is 12.4. The Balaban J connectivity index is 1.35. The molecule has 1 aliphatic rings. The molecule has 1 fully saturated rings. The molecule has 6 nitrogen and oxygen atoms in total. The molecule has 8 heteroatoms. The third-order valence-corrected chi connectivity index (χ3v) is 7.01. The summed E-state index contributed by atoms with van der Waals surface area (Å²) in [4.78, 5) is 14.5. The summed E-state index contributed by atoms with van der Waals surface area (Å²) < 4.78 is 28.4. The van der Waals surface area contributed by atoms with E-state index in [4.69, 9.17) is 0 Å². The first-order valence-corrected chi connectivity index (χ1v) is 12.1. The summed E-state index contributed by atoms with van der Waals surface area (Å²) in [5, 5.41) is 5.65. The number of nitrogens with zero attached hydrogens (tertiary/aromatic N) is 1. The lowest BCUT2D eigenvalue weighted by molar-refractivity contribution is -0.113. The van der Waals surface area contributed by atoms with E-state index in [0.717, 1.165) is 28.9 Å². The standard InChI is InChI=1S/C21H23N3O3S2/c25-21(22-18-6-9-20-16(14-18)10-13-28-20)15-29(26,27)23-17-4-7-19(8-5-17)24-11-2-1-3-12-24/h4-10,13-14,23H,1-3,11-12,15H2,(H,22,25). The van der Waals surface area contributed by atoms with Gasteiger partial charge >= 0.3 is 0 Å². The van der Waals surface area contributed by atoms with E-state index in [1.54, 1.807) is 29.5 Å². The van der Waals surface area contributed by atoms with E-state index in [1.807, 2.05) is 35.7 Å². The Kier molecular flexibility index (Phi) is 5.73. The number of anilines is 3. The molecule has 1 aliphatic heterocycles. The van der Waals surface area contributed by atoms with Crippen LogP contribution in [-0.2, 0) is 14.8 Å². The summed E-state index contributed by atoms with van der Waals surface area (Å²) in [6.07, 6.45) is 3.63. The number of fused-ring (bicyclic) bond motifs is 1. The summed E-state index contributed by atoms with van der Waals surface area (Å²) in [7, 11) is -3.80. The number of nitrogens with one attached hydrogen (secondary N) is 2. The maximum Gasteiger partial charge on any atom is 0.241 e. The first kappa shape index (κ1) is 19.7. The number of rotatable bonds is 6. The molecule has 1 aromatic heterocycles. The van der Waals surface area contributed by atoms with E-state index >= 15 is 0 Å². The van der Waals surface area contributed by atoms with Gasteiger partial charge in [-0.3, -0.25) is 9.52 Å². The quantitative estimate of drug-likeness (QED) is 0.613. The zero-order chi connectivity index (χ0) is 20.3. The number of thiophene rings is 1. The van der Waals surface area contributed by atoms with Gasteiger partial charge in [0.05, 0.1) is 0 Å². The Hall–Kier alpha value is -2.58. The number of hydrogen-bond donors (Lipinski definition) is 2. The molecule has 2 heterocycles. The monoisotopic (exact) mass is 429 g/mol. The van der Waals surface area contributed by atoms with Crippen molar-refractivity contribution in [2.24, 2.45) is 0 Å². The molecular formula is C21H23N3O3S2. The van der Waals surface area contributed by atoms with Gasteiger partial charge in [0, 0.05) is 34.9 Å². The van der Waals surface area contributed by atoms with Gasteiger partial charge in [0.15, 0.2) is 0 Å². The van der Waals surface area contributed by atoms with Gasteiger partial charge in [-0.05, 0) is 78.6 Å². The highest BCUT2D eigenvalue weighted by Gasteiger charge is 2.17. The van der Waals surface area contributed by atoms with Gasteiger partial charge in [0.1, 0.15) is 5.75 Å². The van der Waals surface area contributed by atoms with E-state index in [9.17, 15) is 13.2 Å². The Morgan fingerprint density at radius 1 is 0.966 bits per heavy atom. The van der Waals surface area contributed by atoms with Gasteiger partial charge in [-0.1, -0.05) is 0 Å². The highest BCUT2D eigenvalue weighted by Crippen LogP contribution is 2.24. The molecule has 4 rings (SSSR count). The van der Waals surface area contributed by atoms with Crippen LogP contribution in [0.25, 0.3) is 10.1 Å². The molecule has 152 valence electrons. The van der Waals surface area contributed by atoms with Crippen molar-refractivity contribution < 1.29 is 13.2 Å². The maximum absolute atomic E-state index is 12.4. The average molecular weight is 430 g/mol. The van der Waals surface area contributed by atoms with E-state index in [-0.39, 0.29) is 0 Å². The number of carbonyl (C=O) groups excluding carboxylic acids is 1. The minimum absolute atomic E-state index is 0.457. The van der Waals surface area contributed by atoms with Crippen LogP contribution in [0.2, 0.25) is 0 Å². The number of piperidine rings is 1. The van der Waals surface area contributed by atoms with Crippen molar-refractivity contribution >= 4 is 54.4 Å². The van der Waals surface area contributed by atoms with Gasteiger partial charge in [-0.15, -0.1) is 11.3 Å². The second-order valence-electron chi connectivity index (χ2n) is 7.18. The fraction of sp³-hybridized carbons (Fsp3) is 0.286. The molecular weight excluding hydrogens is 406 g/mol. The predicted octanol–water partition coefficient (Wildman–Crippen LogP) is 4.27. The molecule has 0 unspecified atom stereocenters. The summed E-state index contributed by atoms with van der Waals surface area (Å²) in [5.74, 6) is -1.21. The molecule has 2 aromatic carbocycles. The fourth-order valence-electron chi connectivity index (χ4n) is 3.52. The second-order valence-corrected chi connectivity index (χ2v) is 9.85. The van der Waals surface area contributed by atoms with Crippen LogP contribution in [0.3, 0.4) is 0 Å². The van der Waals surface area contributed by atoms with E-state index in [2.05, 4.69) is 14.9 Å². The Bertz CT molecular complexity index is 1100. The SMILES string of the molecule is O=C(CS(=O)(=O)Nc1ccc(N2CCCCC2)cc1)Nc1ccc2sccc2c1. The van der Waals surface area contributed by atoms with Crippen LogP contribution in [0.1, 0.15) is 19.3 Å². The van der Waals surface area contributed by atoms with Crippen LogP contribution in [0.5, 0.6) is 0 Å². The van der Waals surface area contributed by atoms with Gasteiger partial charge in [0.2, 0.25) is 15.9 Å². The topological polar surface area (TPSA) is 78.5 Å². The summed E-state index contributed by atoms with van der Waals surface area (Å²) >= 11 is 1.61. The normalized spacial score (nSPS) is 14.7. The number of amides is 1. The van der Waals surface area contributed by atoms with Gasteiger partial charge in [0.25, 0.3) is 0 Å². The zero-order valence-electron chi connectivity index (χ0n) is 15.9. The van der Waals surface area contributed by atoms with Crippen molar-refractivity contribution in [1.29, 1.82) is 0 Å². The zero-order valence-corrected chi connectivity index (χ0v) is 17.6. The van der Waals surface area contributed by atoms with Gasteiger partial charge < -0.3 is 10.2 Å². The van der Waals surface area contributed by atoms with Crippen molar-refractivity contribution in [2.45, 2.75) is 19.3 Å². The van der Waals surface area contributed by atoms with Crippen molar-refractivity contribution in [1.82, 2.24) is 0 Å². The third-order valence-electron chi connectivity index (χ3n) is 4.92. The van der Waals surface area contributed by atoms with Crippen LogP contribution in [0.4, 0.5) is 17.1 Å². The Morgan fingerprint density at radius 3 is 2.45 bits per heavy atom. The number of sulfonamides is 1. The summed E-state index contributed by atoms with van der Waals surface area (Å²) in [6, 6.07) is 14.8.